The maximum atomic E-state index is 13.6. The molecular weight excluding hydrogens is 272 g/mol. The average Bonchev–Trinajstić information content (AvgIpc) is 2.63. The van der Waals surface area contributed by atoms with Crippen LogP contribution < -0.4 is 5.73 Å². The summed E-state index contributed by atoms with van der Waals surface area (Å²) < 4.78 is 39.6. The number of anilines is 1. The van der Waals surface area contributed by atoms with E-state index in [0.29, 0.717) is 17.7 Å². The summed E-state index contributed by atoms with van der Waals surface area (Å²) in [7, 11) is -0.920. The molecule has 0 bridgehead atoms. The van der Waals surface area contributed by atoms with Crippen molar-refractivity contribution >= 4 is 27.8 Å². The van der Waals surface area contributed by atoms with E-state index in [4.69, 9.17) is 5.73 Å². The van der Waals surface area contributed by atoms with Crippen LogP contribution in [0.4, 0.5) is 14.7 Å². The van der Waals surface area contributed by atoms with E-state index in [9.17, 15) is 13.0 Å². The van der Waals surface area contributed by atoms with Gasteiger partial charge in [-0.3, -0.25) is 4.21 Å². The van der Waals surface area contributed by atoms with Crippen molar-refractivity contribution in [3.8, 4) is 0 Å². The fourth-order valence-electron chi connectivity index (χ4n) is 2.07. The van der Waals surface area contributed by atoms with Crippen molar-refractivity contribution in [1.82, 2.24) is 9.55 Å². The zero-order valence-corrected chi connectivity index (χ0v) is 11.5. The van der Waals surface area contributed by atoms with Crippen molar-refractivity contribution in [1.29, 1.82) is 0 Å². The number of rotatable bonds is 4. The van der Waals surface area contributed by atoms with Crippen LogP contribution >= 0.6 is 0 Å². The van der Waals surface area contributed by atoms with Crippen LogP contribution in [0.25, 0.3) is 11.0 Å². The van der Waals surface area contributed by atoms with Gasteiger partial charge in [0, 0.05) is 41.0 Å². The van der Waals surface area contributed by atoms with Crippen LogP contribution in [0.1, 0.15) is 19.4 Å². The lowest BCUT2D eigenvalue weighted by molar-refractivity contribution is 0.549. The summed E-state index contributed by atoms with van der Waals surface area (Å²) in [6.45, 7) is 1.85. The molecule has 0 aliphatic carbocycles. The van der Waals surface area contributed by atoms with E-state index in [1.54, 1.807) is 10.8 Å². The monoisotopic (exact) mass is 287 g/mol. The van der Waals surface area contributed by atoms with Gasteiger partial charge in [-0.1, -0.05) is 0 Å². The van der Waals surface area contributed by atoms with E-state index in [-0.39, 0.29) is 17.5 Å². The average molecular weight is 287 g/mol. The van der Waals surface area contributed by atoms with Gasteiger partial charge in [-0.15, -0.1) is 0 Å². The smallest absolute Gasteiger partial charge is 0.201 e. The molecule has 2 unspecified atom stereocenters. The third-order valence-electron chi connectivity index (χ3n) is 3.00. The molecule has 4 nitrogen and oxygen atoms in total. The van der Waals surface area contributed by atoms with Crippen LogP contribution in [-0.2, 0) is 10.8 Å². The van der Waals surface area contributed by atoms with E-state index >= 15 is 0 Å². The summed E-state index contributed by atoms with van der Waals surface area (Å²) in [6, 6.07) is 1.86. The lowest BCUT2D eigenvalue weighted by Gasteiger charge is -2.15. The first-order valence-electron chi connectivity index (χ1n) is 5.82. The first kappa shape index (κ1) is 13.9. The quantitative estimate of drug-likeness (QED) is 0.938. The topological polar surface area (TPSA) is 60.9 Å². The SMILES string of the molecule is CC(CCS(C)=O)n1c(N)nc2c(F)cc(F)cc21. The number of aromatic nitrogens is 2. The largest absolute Gasteiger partial charge is 0.369 e. The van der Waals surface area contributed by atoms with Gasteiger partial charge in [0.25, 0.3) is 0 Å². The molecule has 2 rings (SSSR count). The highest BCUT2D eigenvalue weighted by molar-refractivity contribution is 7.84. The third-order valence-corrected chi connectivity index (χ3v) is 3.82. The van der Waals surface area contributed by atoms with Gasteiger partial charge in [0.2, 0.25) is 5.95 Å². The lowest BCUT2D eigenvalue weighted by atomic mass is 10.2. The number of hydrogen-bond donors (Lipinski definition) is 1. The molecule has 0 amide bonds. The molecule has 0 saturated carbocycles. The molecule has 1 heterocycles. The molecule has 0 saturated heterocycles. The van der Waals surface area contributed by atoms with Crippen LogP contribution in [0, 0.1) is 11.6 Å². The molecule has 2 atom stereocenters. The maximum absolute atomic E-state index is 13.6. The van der Waals surface area contributed by atoms with E-state index in [1.165, 1.54) is 6.07 Å². The molecule has 0 aliphatic heterocycles. The van der Waals surface area contributed by atoms with Crippen molar-refractivity contribution in [2.75, 3.05) is 17.7 Å². The summed E-state index contributed by atoms with van der Waals surface area (Å²) in [4.78, 5) is 3.93. The number of fused-ring (bicyclic) bond motifs is 1. The van der Waals surface area contributed by atoms with Crippen LogP contribution in [0.15, 0.2) is 12.1 Å². The Kier molecular flexibility index (Phi) is 3.84. The van der Waals surface area contributed by atoms with E-state index in [0.717, 1.165) is 6.07 Å². The second-order valence-electron chi connectivity index (χ2n) is 4.51. The van der Waals surface area contributed by atoms with Crippen molar-refractivity contribution in [2.24, 2.45) is 0 Å². The summed E-state index contributed by atoms with van der Waals surface area (Å²) in [6.07, 6.45) is 2.21. The fraction of sp³-hybridized carbons (Fsp3) is 0.417. The molecule has 1 aromatic carbocycles. The minimum atomic E-state index is -0.920. The van der Waals surface area contributed by atoms with E-state index in [1.807, 2.05) is 6.92 Å². The number of halogens is 2. The molecule has 0 radical (unpaired) electrons. The number of nitrogens with two attached hydrogens (primary N) is 1. The highest BCUT2D eigenvalue weighted by atomic mass is 32.2. The summed E-state index contributed by atoms with van der Waals surface area (Å²) in [5.41, 5.74) is 6.15. The van der Waals surface area contributed by atoms with Gasteiger partial charge >= 0.3 is 0 Å². The van der Waals surface area contributed by atoms with Gasteiger partial charge in [0.15, 0.2) is 5.82 Å². The van der Waals surface area contributed by atoms with E-state index < -0.39 is 22.4 Å². The predicted molar refractivity (Wildman–Crippen MR) is 72.3 cm³/mol. The van der Waals surface area contributed by atoms with Crippen molar-refractivity contribution in [3.05, 3.63) is 23.8 Å². The maximum Gasteiger partial charge on any atom is 0.201 e. The molecule has 0 spiro atoms. The Balaban J connectivity index is 2.47. The van der Waals surface area contributed by atoms with Crippen molar-refractivity contribution in [2.45, 2.75) is 19.4 Å². The molecule has 7 heteroatoms. The number of nitrogens with zero attached hydrogens (tertiary/aromatic N) is 2. The zero-order chi connectivity index (χ0) is 14.2. The zero-order valence-electron chi connectivity index (χ0n) is 10.7. The number of benzene rings is 1. The first-order valence-corrected chi connectivity index (χ1v) is 7.55. The minimum Gasteiger partial charge on any atom is -0.369 e. The van der Waals surface area contributed by atoms with Crippen molar-refractivity contribution in [3.63, 3.8) is 0 Å². The van der Waals surface area contributed by atoms with Gasteiger partial charge < -0.3 is 10.3 Å². The Labute approximate surface area is 112 Å². The predicted octanol–water partition coefficient (Wildman–Crippen LogP) is 2.23. The Morgan fingerprint density at radius 3 is 2.79 bits per heavy atom. The summed E-state index contributed by atoms with van der Waals surface area (Å²) in [5, 5.41) is 0. The van der Waals surface area contributed by atoms with Gasteiger partial charge in [-0.2, -0.15) is 0 Å². The minimum absolute atomic E-state index is 0.0587. The Bertz CT molecular complexity index is 641. The van der Waals surface area contributed by atoms with Crippen LogP contribution in [0.3, 0.4) is 0 Å². The molecule has 2 N–H and O–H groups in total. The second-order valence-corrected chi connectivity index (χ2v) is 6.06. The standard InChI is InChI=1S/C12H15F2N3OS/c1-7(3-4-19(2)18)17-10-6-8(13)5-9(14)11(10)16-12(17)15/h5-7H,3-4H2,1-2H3,(H2,15,16). The normalized spacial score (nSPS) is 14.7. The number of hydrogen-bond acceptors (Lipinski definition) is 3. The van der Waals surface area contributed by atoms with Gasteiger partial charge in [-0.25, -0.2) is 13.8 Å². The molecular formula is C12H15F2N3OS. The fourth-order valence-corrected chi connectivity index (χ4v) is 2.74. The van der Waals surface area contributed by atoms with Crippen molar-refractivity contribution < 1.29 is 13.0 Å². The van der Waals surface area contributed by atoms with Crippen LogP contribution in [0.2, 0.25) is 0 Å². The second kappa shape index (κ2) is 5.24. The first-order chi connectivity index (χ1) is 8.90. The molecule has 0 fully saturated rings. The molecule has 19 heavy (non-hydrogen) atoms. The van der Waals surface area contributed by atoms with Gasteiger partial charge in [-0.05, 0) is 13.3 Å². The highest BCUT2D eigenvalue weighted by Gasteiger charge is 2.17. The Morgan fingerprint density at radius 2 is 2.16 bits per heavy atom. The molecule has 0 aliphatic rings. The van der Waals surface area contributed by atoms with Crippen LogP contribution in [-0.4, -0.2) is 25.8 Å². The van der Waals surface area contributed by atoms with E-state index in [2.05, 4.69) is 4.98 Å². The molecule has 2 aromatic rings. The number of imidazole rings is 1. The summed E-state index contributed by atoms with van der Waals surface area (Å²) >= 11 is 0. The molecule has 1 aromatic heterocycles. The molecule has 104 valence electrons. The Morgan fingerprint density at radius 1 is 1.47 bits per heavy atom. The number of nitrogen functional groups attached to an aromatic ring is 1. The van der Waals surface area contributed by atoms with Gasteiger partial charge in [0.05, 0.1) is 5.52 Å². The van der Waals surface area contributed by atoms with Gasteiger partial charge in [0.1, 0.15) is 11.3 Å². The highest BCUT2D eigenvalue weighted by Crippen LogP contribution is 2.27. The third kappa shape index (κ3) is 2.75. The van der Waals surface area contributed by atoms with Crippen LogP contribution in [0.5, 0.6) is 0 Å². The summed E-state index contributed by atoms with van der Waals surface area (Å²) in [5.74, 6) is -0.768. The Hall–Kier alpha value is -1.50. The lowest BCUT2D eigenvalue weighted by Crippen LogP contribution is -2.11.